The highest BCUT2D eigenvalue weighted by atomic mass is 35.5. The predicted molar refractivity (Wildman–Crippen MR) is 73.4 cm³/mol. The van der Waals surface area contributed by atoms with Gasteiger partial charge in [-0.15, -0.1) is 0 Å². The molecule has 1 aromatic rings. The van der Waals surface area contributed by atoms with Gasteiger partial charge in [-0.3, -0.25) is 4.79 Å². The van der Waals surface area contributed by atoms with Gasteiger partial charge in [0.15, 0.2) is 0 Å². The molecule has 5 heteroatoms. The molecular weight excluding hydrogens is 266 g/mol. The molecule has 1 amide bonds. The van der Waals surface area contributed by atoms with Gasteiger partial charge in [0.25, 0.3) is 5.91 Å². The van der Waals surface area contributed by atoms with Gasteiger partial charge in [0.2, 0.25) is 0 Å². The molecule has 1 fully saturated rings. The smallest absolute Gasteiger partial charge is 0.251 e. The monoisotopic (exact) mass is 283 g/mol. The van der Waals surface area contributed by atoms with E-state index in [0.29, 0.717) is 10.6 Å². The van der Waals surface area contributed by atoms with Crippen molar-refractivity contribution in [3.8, 4) is 0 Å². The minimum atomic E-state index is -0.665. The van der Waals surface area contributed by atoms with Gasteiger partial charge in [0, 0.05) is 17.7 Å². The van der Waals surface area contributed by atoms with E-state index in [-0.39, 0.29) is 18.1 Å². The number of rotatable bonds is 3. The average Bonchev–Trinajstić information content (AvgIpc) is 2.41. The normalized spacial score (nSPS) is 27.0. The van der Waals surface area contributed by atoms with Crippen LogP contribution >= 0.6 is 11.6 Å². The maximum Gasteiger partial charge on any atom is 0.251 e. The Hall–Kier alpha value is -1.10. The van der Waals surface area contributed by atoms with E-state index >= 15 is 0 Å². The van der Waals surface area contributed by atoms with Crippen LogP contribution in [0, 0.1) is 0 Å². The molecule has 1 saturated carbocycles. The quantitative estimate of drug-likeness (QED) is 0.892. The summed E-state index contributed by atoms with van der Waals surface area (Å²) >= 11 is 5.86. The Morgan fingerprint density at radius 1 is 1.47 bits per heavy atom. The summed E-state index contributed by atoms with van der Waals surface area (Å²) < 4.78 is 5.22. The van der Waals surface area contributed by atoms with Crippen molar-refractivity contribution in [2.24, 2.45) is 0 Å². The zero-order valence-electron chi connectivity index (χ0n) is 10.8. The third-order valence-corrected chi connectivity index (χ3v) is 3.74. The van der Waals surface area contributed by atoms with E-state index < -0.39 is 6.10 Å². The standard InChI is InChI=1S/C14H18ClNO3/c1-19-12-7-3-6-11(13(12)17)16-14(18)9-4-2-5-10(15)8-9/h2,4-5,8,11-13,17H,3,6-7H2,1H3,(H,16,18)/t11-,12-,13-/m1/s1. The zero-order valence-corrected chi connectivity index (χ0v) is 11.6. The van der Waals surface area contributed by atoms with Crippen LogP contribution in [0.3, 0.4) is 0 Å². The van der Waals surface area contributed by atoms with Gasteiger partial charge >= 0.3 is 0 Å². The molecule has 3 atom stereocenters. The third-order valence-electron chi connectivity index (χ3n) is 3.50. The predicted octanol–water partition coefficient (Wildman–Crippen LogP) is 2.00. The van der Waals surface area contributed by atoms with Gasteiger partial charge < -0.3 is 15.2 Å². The largest absolute Gasteiger partial charge is 0.388 e. The second kappa shape index (κ2) is 6.37. The first-order valence-corrected chi connectivity index (χ1v) is 6.77. The second-order valence-corrected chi connectivity index (χ2v) is 5.22. The van der Waals surface area contributed by atoms with Crippen LogP contribution in [0.25, 0.3) is 0 Å². The van der Waals surface area contributed by atoms with Crippen LogP contribution in [0.4, 0.5) is 0 Å². The molecule has 2 N–H and O–H groups in total. The molecule has 0 saturated heterocycles. The number of aliphatic hydroxyl groups excluding tert-OH is 1. The Morgan fingerprint density at radius 3 is 2.95 bits per heavy atom. The first kappa shape index (κ1) is 14.3. The summed E-state index contributed by atoms with van der Waals surface area (Å²) in [6, 6.07) is 6.48. The Kier molecular flexibility index (Phi) is 4.80. The topological polar surface area (TPSA) is 58.6 Å². The average molecular weight is 284 g/mol. The molecule has 1 aromatic carbocycles. The summed E-state index contributed by atoms with van der Waals surface area (Å²) in [6.45, 7) is 0. The van der Waals surface area contributed by atoms with Crippen LogP contribution in [0.1, 0.15) is 29.6 Å². The molecule has 0 unspecified atom stereocenters. The lowest BCUT2D eigenvalue weighted by Gasteiger charge is -2.34. The lowest BCUT2D eigenvalue weighted by molar-refractivity contribution is -0.0513. The van der Waals surface area contributed by atoms with Crippen LogP contribution in [-0.2, 0) is 4.74 Å². The van der Waals surface area contributed by atoms with E-state index in [9.17, 15) is 9.90 Å². The molecule has 1 aliphatic rings. The minimum Gasteiger partial charge on any atom is -0.388 e. The van der Waals surface area contributed by atoms with Crippen molar-refractivity contribution < 1.29 is 14.6 Å². The Morgan fingerprint density at radius 2 is 2.26 bits per heavy atom. The van der Waals surface area contributed by atoms with Crippen molar-refractivity contribution in [1.29, 1.82) is 0 Å². The van der Waals surface area contributed by atoms with Crippen LogP contribution in [0.5, 0.6) is 0 Å². The lowest BCUT2D eigenvalue weighted by Crippen LogP contribution is -2.51. The molecule has 104 valence electrons. The molecule has 1 aliphatic carbocycles. The van der Waals surface area contributed by atoms with Crippen molar-refractivity contribution in [3.63, 3.8) is 0 Å². The van der Waals surface area contributed by atoms with E-state index in [4.69, 9.17) is 16.3 Å². The molecule has 0 radical (unpaired) electrons. The first-order valence-electron chi connectivity index (χ1n) is 6.39. The van der Waals surface area contributed by atoms with E-state index in [1.54, 1.807) is 31.4 Å². The summed E-state index contributed by atoms with van der Waals surface area (Å²) in [5.74, 6) is -0.219. The fourth-order valence-electron chi connectivity index (χ4n) is 2.44. The van der Waals surface area contributed by atoms with E-state index in [1.165, 1.54) is 0 Å². The summed E-state index contributed by atoms with van der Waals surface area (Å²) in [4.78, 5) is 12.1. The lowest BCUT2D eigenvalue weighted by atomic mass is 9.89. The highest BCUT2D eigenvalue weighted by Crippen LogP contribution is 2.22. The van der Waals surface area contributed by atoms with Crippen LogP contribution in [0.2, 0.25) is 5.02 Å². The van der Waals surface area contributed by atoms with Crippen molar-refractivity contribution in [2.45, 2.75) is 37.5 Å². The molecule has 0 aromatic heterocycles. The van der Waals surface area contributed by atoms with Crippen LogP contribution < -0.4 is 5.32 Å². The van der Waals surface area contributed by atoms with Crippen molar-refractivity contribution in [3.05, 3.63) is 34.9 Å². The number of halogens is 1. The summed E-state index contributed by atoms with van der Waals surface area (Å²) in [7, 11) is 1.58. The maximum absolute atomic E-state index is 12.1. The van der Waals surface area contributed by atoms with Gasteiger partial charge in [0.05, 0.1) is 12.1 Å². The molecule has 0 aliphatic heterocycles. The molecule has 19 heavy (non-hydrogen) atoms. The molecule has 0 bridgehead atoms. The zero-order chi connectivity index (χ0) is 13.8. The molecule has 4 nitrogen and oxygen atoms in total. The molecule has 2 rings (SSSR count). The highest BCUT2D eigenvalue weighted by molar-refractivity contribution is 6.30. The SMILES string of the molecule is CO[C@@H]1CCC[C@@H](NC(=O)c2cccc(Cl)c2)[C@H]1O. The fraction of sp³-hybridized carbons (Fsp3) is 0.500. The minimum absolute atomic E-state index is 0.210. The van der Waals surface area contributed by atoms with Crippen LogP contribution in [-0.4, -0.2) is 36.4 Å². The summed E-state index contributed by atoms with van der Waals surface area (Å²) in [6.07, 6.45) is 1.63. The van der Waals surface area contributed by atoms with Crippen molar-refractivity contribution >= 4 is 17.5 Å². The van der Waals surface area contributed by atoms with Gasteiger partial charge in [-0.2, -0.15) is 0 Å². The van der Waals surface area contributed by atoms with Crippen LogP contribution in [0.15, 0.2) is 24.3 Å². The number of carbonyl (C=O) groups excluding carboxylic acids is 1. The number of hydrogen-bond acceptors (Lipinski definition) is 3. The maximum atomic E-state index is 12.1. The first-order chi connectivity index (χ1) is 9.11. The van der Waals surface area contributed by atoms with E-state index in [2.05, 4.69) is 5.32 Å². The number of hydrogen-bond donors (Lipinski definition) is 2. The number of aliphatic hydroxyl groups is 1. The Bertz CT molecular complexity index is 452. The highest BCUT2D eigenvalue weighted by Gasteiger charge is 2.32. The van der Waals surface area contributed by atoms with E-state index in [1.807, 2.05) is 0 Å². The number of carbonyl (C=O) groups is 1. The fourth-order valence-corrected chi connectivity index (χ4v) is 2.63. The van der Waals surface area contributed by atoms with Gasteiger partial charge in [-0.05, 0) is 37.5 Å². The van der Waals surface area contributed by atoms with Gasteiger partial charge in [-0.1, -0.05) is 17.7 Å². The number of nitrogens with one attached hydrogen (secondary N) is 1. The Balaban J connectivity index is 2.02. The Labute approximate surface area is 117 Å². The number of ether oxygens (including phenoxy) is 1. The second-order valence-electron chi connectivity index (χ2n) is 4.79. The van der Waals surface area contributed by atoms with Crippen molar-refractivity contribution in [1.82, 2.24) is 5.32 Å². The van der Waals surface area contributed by atoms with Gasteiger partial charge in [0.1, 0.15) is 6.10 Å². The van der Waals surface area contributed by atoms with Gasteiger partial charge in [-0.25, -0.2) is 0 Å². The number of methoxy groups -OCH3 is 1. The molecular formula is C14H18ClNO3. The molecule has 0 heterocycles. The van der Waals surface area contributed by atoms with Crippen molar-refractivity contribution in [2.75, 3.05) is 7.11 Å². The number of benzene rings is 1. The number of amides is 1. The molecule has 0 spiro atoms. The van der Waals surface area contributed by atoms with E-state index in [0.717, 1.165) is 19.3 Å². The summed E-state index contributed by atoms with van der Waals surface area (Å²) in [5.41, 5.74) is 0.499. The summed E-state index contributed by atoms with van der Waals surface area (Å²) in [5, 5.41) is 13.5. The third kappa shape index (κ3) is 3.47.